The van der Waals surface area contributed by atoms with Crippen molar-refractivity contribution in [1.29, 1.82) is 0 Å². The Labute approximate surface area is 91.4 Å². The number of pyridine rings is 1. The van der Waals surface area contributed by atoms with Crippen LogP contribution in [-0.2, 0) is 9.53 Å². The molecular weight excluding hydrogens is 213 g/mol. The number of ether oxygens (including phenoxy) is 1. The number of aromatic nitrogens is 1. The van der Waals surface area contributed by atoms with Gasteiger partial charge in [0.2, 0.25) is 5.95 Å². The predicted molar refractivity (Wildman–Crippen MR) is 53.1 cm³/mol. The van der Waals surface area contributed by atoms with Crippen LogP contribution in [0.3, 0.4) is 0 Å². The minimum absolute atomic E-state index is 0.0652. The maximum absolute atomic E-state index is 12.8. The Bertz CT molecular complexity index is 474. The first-order chi connectivity index (χ1) is 7.67. The van der Waals surface area contributed by atoms with E-state index in [2.05, 4.69) is 21.6 Å². The number of carbonyl (C=O) groups excluding carboxylic acids is 2. The van der Waals surface area contributed by atoms with Crippen molar-refractivity contribution >= 4 is 12.3 Å². The van der Waals surface area contributed by atoms with Crippen LogP contribution >= 0.6 is 0 Å². The smallest absolute Gasteiger partial charge is 0.317 e. The van der Waals surface area contributed by atoms with E-state index in [1.807, 2.05) is 0 Å². The van der Waals surface area contributed by atoms with Crippen molar-refractivity contribution in [3.8, 4) is 11.8 Å². The van der Waals surface area contributed by atoms with Gasteiger partial charge in [-0.25, -0.2) is 4.98 Å². The third-order valence-electron chi connectivity index (χ3n) is 1.69. The molecule has 0 aliphatic heterocycles. The topological polar surface area (TPSA) is 56.3 Å². The van der Waals surface area contributed by atoms with Gasteiger partial charge in [-0.05, 0) is 6.07 Å². The van der Waals surface area contributed by atoms with E-state index in [1.54, 1.807) is 0 Å². The van der Waals surface area contributed by atoms with Crippen LogP contribution in [0.4, 0.5) is 4.39 Å². The van der Waals surface area contributed by atoms with Crippen LogP contribution < -0.4 is 0 Å². The highest BCUT2D eigenvalue weighted by Gasteiger charge is 2.02. The second-order valence-corrected chi connectivity index (χ2v) is 2.78. The number of nitrogens with zero attached hydrogens (tertiary/aromatic N) is 1. The molecule has 5 heteroatoms. The summed E-state index contributed by atoms with van der Waals surface area (Å²) in [4.78, 5) is 24.5. The molecule has 1 aromatic rings. The number of carbonyl (C=O) groups is 2. The van der Waals surface area contributed by atoms with Gasteiger partial charge in [-0.2, -0.15) is 4.39 Å². The quantitative estimate of drug-likeness (QED) is 0.323. The van der Waals surface area contributed by atoms with Crippen molar-refractivity contribution in [2.75, 3.05) is 7.11 Å². The molecule has 0 aromatic carbocycles. The van der Waals surface area contributed by atoms with E-state index < -0.39 is 11.9 Å². The van der Waals surface area contributed by atoms with E-state index in [9.17, 15) is 14.0 Å². The van der Waals surface area contributed by atoms with Crippen molar-refractivity contribution in [2.24, 2.45) is 0 Å². The van der Waals surface area contributed by atoms with Crippen molar-refractivity contribution < 1.29 is 18.7 Å². The zero-order valence-electron chi connectivity index (χ0n) is 8.49. The number of hydrogen-bond donors (Lipinski definition) is 0. The molecule has 1 heterocycles. The van der Waals surface area contributed by atoms with Crippen LogP contribution in [0.1, 0.15) is 22.3 Å². The summed E-state index contributed by atoms with van der Waals surface area (Å²) >= 11 is 0. The van der Waals surface area contributed by atoms with E-state index in [4.69, 9.17) is 0 Å². The van der Waals surface area contributed by atoms with Crippen molar-refractivity contribution in [3.05, 3.63) is 29.3 Å². The molecular formula is C11H8FNO3. The van der Waals surface area contributed by atoms with Crippen LogP contribution in [0.5, 0.6) is 0 Å². The Morgan fingerprint density at radius 1 is 1.69 bits per heavy atom. The Kier molecular flexibility index (Phi) is 4.16. The molecule has 16 heavy (non-hydrogen) atoms. The second-order valence-electron chi connectivity index (χ2n) is 2.78. The van der Waals surface area contributed by atoms with E-state index in [0.29, 0.717) is 11.8 Å². The highest BCUT2D eigenvalue weighted by atomic mass is 19.1. The van der Waals surface area contributed by atoms with Gasteiger partial charge in [-0.1, -0.05) is 11.8 Å². The summed E-state index contributed by atoms with van der Waals surface area (Å²) in [6, 6.07) is 1.26. The highest BCUT2D eigenvalue weighted by Crippen LogP contribution is 2.03. The Hall–Kier alpha value is -2.22. The lowest BCUT2D eigenvalue weighted by Crippen LogP contribution is -1.97. The molecule has 0 N–H and O–H groups in total. The maximum Gasteiger partial charge on any atom is 0.317 e. The molecule has 0 fully saturated rings. The first-order valence-corrected chi connectivity index (χ1v) is 4.33. The Balaban J connectivity index is 2.81. The molecule has 0 spiro atoms. The molecule has 0 bridgehead atoms. The van der Waals surface area contributed by atoms with Gasteiger partial charge in [0.05, 0.1) is 12.7 Å². The molecule has 82 valence electrons. The molecule has 0 saturated carbocycles. The number of hydrogen-bond acceptors (Lipinski definition) is 4. The standard InChI is InChI=1S/C11H8FNO3/c1-16-10(15)4-2-3-8-5-9(7-14)11(12)13-6-8/h5-7H,4H2,1H3. The monoisotopic (exact) mass is 221 g/mol. The lowest BCUT2D eigenvalue weighted by molar-refractivity contribution is -0.139. The molecule has 4 nitrogen and oxygen atoms in total. The van der Waals surface area contributed by atoms with Crippen LogP contribution in [0.2, 0.25) is 0 Å². The lowest BCUT2D eigenvalue weighted by Gasteiger charge is -1.94. The van der Waals surface area contributed by atoms with Gasteiger partial charge in [0.1, 0.15) is 6.42 Å². The number of esters is 1. The lowest BCUT2D eigenvalue weighted by atomic mass is 10.2. The fourth-order valence-corrected chi connectivity index (χ4v) is 0.907. The van der Waals surface area contributed by atoms with Crippen molar-refractivity contribution in [3.63, 3.8) is 0 Å². The van der Waals surface area contributed by atoms with Gasteiger partial charge >= 0.3 is 5.97 Å². The van der Waals surface area contributed by atoms with Gasteiger partial charge in [-0.15, -0.1) is 0 Å². The van der Waals surface area contributed by atoms with Crippen LogP contribution in [0.15, 0.2) is 12.3 Å². The average molecular weight is 221 g/mol. The highest BCUT2D eigenvalue weighted by molar-refractivity contribution is 5.75. The maximum atomic E-state index is 12.8. The second kappa shape index (κ2) is 5.61. The van der Waals surface area contributed by atoms with Crippen LogP contribution in [-0.4, -0.2) is 24.3 Å². The summed E-state index contributed by atoms with van der Waals surface area (Å²) in [5.74, 6) is 3.79. The van der Waals surface area contributed by atoms with Gasteiger partial charge in [0.25, 0.3) is 0 Å². The number of halogens is 1. The SMILES string of the molecule is COC(=O)CC#Cc1cnc(F)c(C=O)c1. The molecule has 1 aromatic heterocycles. The van der Waals surface area contributed by atoms with Gasteiger partial charge in [0, 0.05) is 11.8 Å². The summed E-state index contributed by atoms with van der Waals surface area (Å²) in [6.45, 7) is 0. The normalized spacial score (nSPS) is 8.88. The summed E-state index contributed by atoms with van der Waals surface area (Å²) in [5, 5.41) is 0. The third kappa shape index (κ3) is 3.17. The van der Waals surface area contributed by atoms with Crippen molar-refractivity contribution in [1.82, 2.24) is 4.98 Å². The van der Waals surface area contributed by atoms with Crippen LogP contribution in [0, 0.1) is 17.8 Å². The zero-order valence-corrected chi connectivity index (χ0v) is 8.49. The van der Waals surface area contributed by atoms with E-state index in [-0.39, 0.29) is 12.0 Å². The van der Waals surface area contributed by atoms with Gasteiger partial charge < -0.3 is 4.74 Å². The molecule has 0 atom stereocenters. The Morgan fingerprint density at radius 2 is 2.44 bits per heavy atom. The molecule has 0 radical (unpaired) electrons. The van der Waals surface area contributed by atoms with Gasteiger partial charge in [-0.3, -0.25) is 9.59 Å². The minimum Gasteiger partial charge on any atom is -0.468 e. The molecule has 0 saturated heterocycles. The summed E-state index contributed by atoms with van der Waals surface area (Å²) in [5.41, 5.74) is 0.206. The third-order valence-corrected chi connectivity index (χ3v) is 1.69. The number of aldehydes is 1. The van der Waals surface area contributed by atoms with E-state index >= 15 is 0 Å². The fourth-order valence-electron chi connectivity index (χ4n) is 0.907. The number of methoxy groups -OCH3 is 1. The van der Waals surface area contributed by atoms with Gasteiger partial charge in [0.15, 0.2) is 6.29 Å². The predicted octanol–water partition coefficient (Wildman–Crippen LogP) is 0.948. The summed E-state index contributed by atoms with van der Waals surface area (Å²) in [6.07, 6.45) is 1.48. The van der Waals surface area contributed by atoms with E-state index in [1.165, 1.54) is 19.4 Å². The summed E-state index contributed by atoms with van der Waals surface area (Å²) in [7, 11) is 1.26. The number of rotatable bonds is 2. The molecule has 0 aliphatic carbocycles. The van der Waals surface area contributed by atoms with Crippen molar-refractivity contribution in [2.45, 2.75) is 6.42 Å². The molecule has 0 unspecified atom stereocenters. The first-order valence-electron chi connectivity index (χ1n) is 4.33. The summed E-state index contributed by atoms with van der Waals surface area (Å²) < 4.78 is 17.2. The molecule has 0 amide bonds. The van der Waals surface area contributed by atoms with E-state index in [0.717, 1.165) is 0 Å². The first kappa shape index (κ1) is 11.9. The average Bonchev–Trinajstić information content (AvgIpc) is 2.31. The zero-order chi connectivity index (χ0) is 12.0. The Morgan fingerprint density at radius 3 is 3.06 bits per heavy atom. The largest absolute Gasteiger partial charge is 0.468 e. The molecule has 0 aliphatic rings. The fraction of sp³-hybridized carbons (Fsp3) is 0.182. The molecule has 1 rings (SSSR count). The minimum atomic E-state index is -0.839. The van der Waals surface area contributed by atoms with Crippen LogP contribution in [0.25, 0.3) is 0 Å².